The molecule has 0 aliphatic carbocycles. The molecule has 0 radical (unpaired) electrons. The van der Waals surface area contributed by atoms with Crippen LogP contribution in [0.25, 0.3) is 0 Å². The molecule has 0 unspecified atom stereocenters. The minimum Gasteiger partial charge on any atom is -0.497 e. The molecule has 1 heterocycles. The minimum atomic E-state index is -0.0607. The van der Waals surface area contributed by atoms with Crippen LogP contribution in [0.5, 0.6) is 5.75 Å². The molecule has 1 amide bonds. The summed E-state index contributed by atoms with van der Waals surface area (Å²) < 4.78 is 5.92. The molecule has 1 aliphatic heterocycles. The molecule has 2 rings (SSSR count). The third kappa shape index (κ3) is 3.23. The quantitative estimate of drug-likeness (QED) is 0.897. The van der Waals surface area contributed by atoms with Crippen molar-refractivity contribution in [2.45, 2.75) is 18.9 Å². The first-order valence-electron chi connectivity index (χ1n) is 6.06. The Bertz CT molecular complexity index is 431. The van der Waals surface area contributed by atoms with Gasteiger partial charge in [-0.05, 0) is 53.5 Å². The van der Waals surface area contributed by atoms with Gasteiger partial charge in [-0.1, -0.05) is 0 Å². The largest absolute Gasteiger partial charge is 0.497 e. The maximum absolute atomic E-state index is 12.2. The average molecular weight is 313 g/mol. The van der Waals surface area contributed by atoms with E-state index in [0.717, 1.165) is 30.4 Å². The smallest absolute Gasteiger partial charge is 0.252 e. The van der Waals surface area contributed by atoms with Gasteiger partial charge in [-0.3, -0.25) is 4.79 Å². The van der Waals surface area contributed by atoms with Gasteiger partial charge >= 0.3 is 0 Å². The molecule has 1 aromatic rings. The zero-order chi connectivity index (χ0) is 13.0. The van der Waals surface area contributed by atoms with Crippen LogP contribution in [0.4, 0.5) is 0 Å². The summed E-state index contributed by atoms with van der Waals surface area (Å²) in [6, 6.07) is 5.61. The van der Waals surface area contributed by atoms with Crippen molar-refractivity contribution in [3.63, 3.8) is 0 Å². The number of rotatable bonds is 3. The number of hydrogen-bond donors (Lipinski definition) is 2. The van der Waals surface area contributed by atoms with Crippen LogP contribution in [0.1, 0.15) is 23.2 Å². The van der Waals surface area contributed by atoms with E-state index in [-0.39, 0.29) is 11.9 Å². The van der Waals surface area contributed by atoms with E-state index in [0.29, 0.717) is 11.3 Å². The van der Waals surface area contributed by atoms with Gasteiger partial charge in [0.25, 0.3) is 5.91 Å². The number of ether oxygens (including phenoxy) is 1. The number of carbonyl (C=O) groups is 1. The maximum atomic E-state index is 12.2. The molecule has 0 aromatic heterocycles. The van der Waals surface area contributed by atoms with Gasteiger partial charge in [-0.15, -0.1) is 0 Å². The van der Waals surface area contributed by atoms with Crippen LogP contribution in [-0.4, -0.2) is 32.1 Å². The lowest BCUT2D eigenvalue weighted by atomic mass is 10.1. The number of amides is 1. The van der Waals surface area contributed by atoms with Crippen LogP contribution in [0.15, 0.2) is 22.7 Å². The number of nitrogens with one attached hydrogen (secondary N) is 2. The Kier molecular flexibility index (Phi) is 4.60. The fourth-order valence-corrected chi connectivity index (χ4v) is 2.47. The molecule has 1 fully saturated rings. The summed E-state index contributed by atoms with van der Waals surface area (Å²) in [6.07, 6.45) is 2.13. The first-order chi connectivity index (χ1) is 8.70. The molecule has 0 saturated carbocycles. The van der Waals surface area contributed by atoms with Crippen LogP contribution in [0.2, 0.25) is 0 Å². The molecule has 0 bridgehead atoms. The van der Waals surface area contributed by atoms with Crippen LogP contribution in [0, 0.1) is 0 Å². The van der Waals surface area contributed by atoms with Gasteiger partial charge in [0.1, 0.15) is 5.75 Å². The summed E-state index contributed by atoms with van der Waals surface area (Å²) in [7, 11) is 1.59. The lowest BCUT2D eigenvalue weighted by Gasteiger charge is -2.24. The SMILES string of the molecule is COc1ccc(Br)c(C(=O)N[C@H]2CCCNC2)c1. The highest BCUT2D eigenvalue weighted by Crippen LogP contribution is 2.22. The van der Waals surface area contributed by atoms with Gasteiger partial charge in [-0.2, -0.15) is 0 Å². The molecule has 0 spiro atoms. The van der Waals surface area contributed by atoms with E-state index in [1.807, 2.05) is 12.1 Å². The number of methoxy groups -OCH3 is 1. The zero-order valence-electron chi connectivity index (χ0n) is 10.3. The van der Waals surface area contributed by atoms with E-state index >= 15 is 0 Å². The minimum absolute atomic E-state index is 0.0607. The standard InChI is InChI=1S/C13H17BrN2O2/c1-18-10-4-5-12(14)11(7-10)13(17)16-9-3-2-6-15-8-9/h4-5,7,9,15H,2-3,6,8H2,1H3,(H,16,17)/t9-/m0/s1. The van der Waals surface area contributed by atoms with Crippen molar-refractivity contribution in [1.29, 1.82) is 0 Å². The summed E-state index contributed by atoms with van der Waals surface area (Å²) in [6.45, 7) is 1.88. The predicted molar refractivity (Wildman–Crippen MR) is 74.1 cm³/mol. The fourth-order valence-electron chi connectivity index (χ4n) is 2.04. The topological polar surface area (TPSA) is 50.4 Å². The van der Waals surface area contributed by atoms with Crippen molar-refractivity contribution >= 4 is 21.8 Å². The van der Waals surface area contributed by atoms with Crippen molar-refractivity contribution in [1.82, 2.24) is 10.6 Å². The molecule has 4 nitrogen and oxygen atoms in total. The number of piperidine rings is 1. The summed E-state index contributed by atoms with van der Waals surface area (Å²) in [4.78, 5) is 12.2. The second-order valence-corrected chi connectivity index (χ2v) is 5.22. The lowest BCUT2D eigenvalue weighted by Crippen LogP contribution is -2.45. The molecule has 18 heavy (non-hydrogen) atoms. The van der Waals surface area contributed by atoms with Crippen LogP contribution in [0.3, 0.4) is 0 Å². The van der Waals surface area contributed by atoms with E-state index in [1.165, 1.54) is 0 Å². The highest BCUT2D eigenvalue weighted by Gasteiger charge is 2.18. The monoisotopic (exact) mass is 312 g/mol. The summed E-state index contributed by atoms with van der Waals surface area (Å²) >= 11 is 3.39. The lowest BCUT2D eigenvalue weighted by molar-refractivity contribution is 0.0929. The Morgan fingerprint density at radius 3 is 3.06 bits per heavy atom. The van der Waals surface area contributed by atoms with Gasteiger partial charge < -0.3 is 15.4 Å². The molecule has 1 aromatic carbocycles. The Morgan fingerprint density at radius 1 is 1.56 bits per heavy atom. The summed E-state index contributed by atoms with van der Waals surface area (Å²) in [5, 5.41) is 6.32. The number of carbonyl (C=O) groups excluding carboxylic acids is 1. The Hall–Kier alpha value is -1.07. The second kappa shape index (κ2) is 6.20. The van der Waals surface area contributed by atoms with Gasteiger partial charge in [0, 0.05) is 17.1 Å². The highest BCUT2D eigenvalue weighted by molar-refractivity contribution is 9.10. The van der Waals surface area contributed by atoms with E-state index in [2.05, 4.69) is 26.6 Å². The molecule has 98 valence electrons. The van der Waals surface area contributed by atoms with Crippen molar-refractivity contribution in [3.05, 3.63) is 28.2 Å². The van der Waals surface area contributed by atoms with E-state index < -0.39 is 0 Å². The summed E-state index contributed by atoms with van der Waals surface area (Å²) in [5.41, 5.74) is 0.611. The average Bonchev–Trinajstić information content (AvgIpc) is 2.40. The first-order valence-corrected chi connectivity index (χ1v) is 6.85. The van der Waals surface area contributed by atoms with E-state index in [4.69, 9.17) is 4.74 Å². The fraction of sp³-hybridized carbons (Fsp3) is 0.462. The van der Waals surface area contributed by atoms with E-state index in [1.54, 1.807) is 13.2 Å². The van der Waals surface area contributed by atoms with Gasteiger partial charge in [-0.25, -0.2) is 0 Å². The predicted octanol–water partition coefficient (Wildman–Crippen LogP) is 1.94. The molecule has 1 saturated heterocycles. The second-order valence-electron chi connectivity index (χ2n) is 4.36. The van der Waals surface area contributed by atoms with Gasteiger partial charge in [0.05, 0.1) is 12.7 Å². The van der Waals surface area contributed by atoms with Gasteiger partial charge in [0.15, 0.2) is 0 Å². The number of halogens is 1. The highest BCUT2D eigenvalue weighted by atomic mass is 79.9. The Morgan fingerprint density at radius 2 is 2.39 bits per heavy atom. The van der Waals surface area contributed by atoms with Crippen LogP contribution in [-0.2, 0) is 0 Å². The zero-order valence-corrected chi connectivity index (χ0v) is 11.9. The van der Waals surface area contributed by atoms with Crippen molar-refractivity contribution in [2.24, 2.45) is 0 Å². The third-order valence-electron chi connectivity index (χ3n) is 3.05. The molecule has 1 atom stereocenters. The molecule has 1 aliphatic rings. The van der Waals surface area contributed by atoms with Crippen molar-refractivity contribution in [3.8, 4) is 5.75 Å². The van der Waals surface area contributed by atoms with E-state index in [9.17, 15) is 4.79 Å². The third-order valence-corrected chi connectivity index (χ3v) is 3.74. The molecular formula is C13H17BrN2O2. The normalized spacial score (nSPS) is 19.3. The maximum Gasteiger partial charge on any atom is 0.252 e. The van der Waals surface area contributed by atoms with Crippen molar-refractivity contribution < 1.29 is 9.53 Å². The first kappa shape index (κ1) is 13.4. The molecule has 5 heteroatoms. The number of hydrogen-bond acceptors (Lipinski definition) is 3. The summed E-state index contributed by atoms with van der Waals surface area (Å²) in [5.74, 6) is 0.625. The Balaban J connectivity index is 2.07. The van der Waals surface area contributed by atoms with Crippen LogP contribution < -0.4 is 15.4 Å². The molecule has 2 N–H and O–H groups in total. The van der Waals surface area contributed by atoms with Crippen LogP contribution >= 0.6 is 15.9 Å². The van der Waals surface area contributed by atoms with Crippen molar-refractivity contribution in [2.75, 3.05) is 20.2 Å². The molecular weight excluding hydrogens is 296 g/mol. The Labute approximate surface area is 115 Å². The van der Waals surface area contributed by atoms with Gasteiger partial charge in [0.2, 0.25) is 0 Å². The number of benzene rings is 1.